The molecule has 0 fully saturated rings. The lowest BCUT2D eigenvalue weighted by Crippen LogP contribution is -3.67. The molecule has 0 heterocycles. The lowest BCUT2D eigenvalue weighted by atomic mass is 9.95. The van der Waals surface area contributed by atoms with Crippen molar-refractivity contribution in [3.05, 3.63) is 82.4 Å². The molecule has 0 saturated carbocycles. The van der Waals surface area contributed by atoms with E-state index >= 15 is 0 Å². The molecule has 0 spiro atoms. The SMILES string of the molecule is CC(C)(C)[I+]c1cccc(-c2ccccc2)c1-c1ccccc1.O=S(=O)([O-])C(F)(F)F. The van der Waals surface area contributed by atoms with Crippen molar-refractivity contribution in [2.75, 3.05) is 0 Å². The van der Waals surface area contributed by atoms with Crippen LogP contribution in [0.3, 0.4) is 0 Å². The third-order valence-corrected chi connectivity index (χ3v) is 7.49. The fourth-order valence-corrected chi connectivity index (χ4v) is 5.67. The van der Waals surface area contributed by atoms with Gasteiger partial charge in [0.2, 0.25) is 0 Å². The fraction of sp³-hybridized carbons (Fsp3) is 0.217. The first kappa shape index (κ1) is 25.4. The third kappa shape index (κ3) is 7.62. The Balaban J connectivity index is 0.000000366. The van der Waals surface area contributed by atoms with Crippen LogP contribution in [-0.4, -0.2) is 21.9 Å². The molecular weight excluding hydrogens is 540 g/mol. The fourth-order valence-electron chi connectivity index (χ4n) is 2.66. The van der Waals surface area contributed by atoms with Crippen LogP contribution in [0.5, 0.6) is 0 Å². The van der Waals surface area contributed by atoms with E-state index in [1.165, 1.54) is 25.8 Å². The van der Waals surface area contributed by atoms with Gasteiger partial charge in [-0.15, -0.1) is 0 Å². The van der Waals surface area contributed by atoms with E-state index in [9.17, 15) is 13.2 Å². The summed E-state index contributed by atoms with van der Waals surface area (Å²) >= 11 is -0.0727. The molecule has 31 heavy (non-hydrogen) atoms. The zero-order chi connectivity index (χ0) is 23.3. The van der Waals surface area contributed by atoms with E-state index in [-0.39, 0.29) is 21.2 Å². The van der Waals surface area contributed by atoms with Crippen molar-refractivity contribution in [3.63, 3.8) is 0 Å². The van der Waals surface area contributed by atoms with Crippen LogP contribution < -0.4 is 21.2 Å². The van der Waals surface area contributed by atoms with E-state index in [1.807, 2.05) is 0 Å². The minimum absolute atomic E-state index is 0.0727. The Morgan fingerprint density at radius 3 is 1.61 bits per heavy atom. The number of alkyl halides is 4. The summed E-state index contributed by atoms with van der Waals surface area (Å²) in [6, 6.07) is 28.4. The van der Waals surface area contributed by atoms with Gasteiger partial charge in [-0.2, -0.15) is 13.2 Å². The number of hydrogen-bond acceptors (Lipinski definition) is 3. The quantitative estimate of drug-likeness (QED) is 0.214. The van der Waals surface area contributed by atoms with Gasteiger partial charge in [-0.25, -0.2) is 8.42 Å². The lowest BCUT2D eigenvalue weighted by Gasteiger charge is -2.12. The Labute approximate surface area is 191 Å². The maximum Gasteiger partial charge on any atom is 0.485 e. The molecule has 166 valence electrons. The Morgan fingerprint density at radius 2 is 1.19 bits per heavy atom. The monoisotopic (exact) mass is 562 g/mol. The van der Waals surface area contributed by atoms with Gasteiger partial charge in [0.15, 0.2) is 17.1 Å². The van der Waals surface area contributed by atoms with Gasteiger partial charge in [0, 0.05) is 5.56 Å². The molecular formula is C23H22F3IO3S. The highest BCUT2D eigenvalue weighted by molar-refractivity contribution is 7.86. The van der Waals surface area contributed by atoms with Crippen LogP contribution in [0.25, 0.3) is 22.3 Å². The molecule has 3 rings (SSSR count). The molecule has 0 aliphatic rings. The van der Waals surface area contributed by atoms with Gasteiger partial charge in [0.1, 0.15) is 0 Å². The van der Waals surface area contributed by atoms with E-state index in [1.54, 1.807) is 0 Å². The van der Waals surface area contributed by atoms with Crippen molar-refractivity contribution in [2.45, 2.75) is 29.7 Å². The second kappa shape index (κ2) is 10.1. The van der Waals surface area contributed by atoms with Crippen LogP contribution in [0.1, 0.15) is 20.8 Å². The van der Waals surface area contributed by atoms with Gasteiger partial charge < -0.3 is 4.55 Å². The van der Waals surface area contributed by atoms with Gasteiger partial charge in [0.05, 0.1) is 0 Å². The van der Waals surface area contributed by atoms with E-state index < -0.39 is 15.6 Å². The molecule has 0 N–H and O–H groups in total. The highest BCUT2D eigenvalue weighted by Crippen LogP contribution is 2.31. The molecule has 0 bridgehead atoms. The molecule has 3 aromatic carbocycles. The first-order valence-corrected chi connectivity index (χ1v) is 12.8. The number of hydrogen-bond donors (Lipinski definition) is 0. The zero-order valence-electron chi connectivity index (χ0n) is 17.2. The Hall–Kier alpha value is -1.91. The van der Waals surface area contributed by atoms with Crippen LogP contribution >= 0.6 is 0 Å². The molecule has 3 nitrogen and oxygen atoms in total. The standard InChI is InChI=1S/C22H22I.CHF3O3S/c1-22(2,3)23-20-16-10-15-19(17-11-6-4-7-12-17)21(20)18-13-8-5-9-14-18;2-1(3,4)8(5,6)7/h4-16H,1-3H3;(H,5,6,7)/q+1;/p-1. The van der Waals surface area contributed by atoms with Gasteiger partial charge >= 0.3 is 26.7 Å². The molecule has 0 atom stereocenters. The van der Waals surface area contributed by atoms with Crippen LogP contribution in [-0.2, 0) is 10.1 Å². The first-order chi connectivity index (χ1) is 14.3. The second-order valence-corrected chi connectivity index (χ2v) is 13.8. The average Bonchev–Trinajstić information content (AvgIpc) is 2.67. The molecule has 0 aliphatic heterocycles. The highest BCUT2D eigenvalue weighted by Gasteiger charge is 2.37. The molecule has 0 saturated heterocycles. The average molecular weight is 562 g/mol. The van der Waals surface area contributed by atoms with E-state index in [0.717, 1.165) is 0 Å². The second-order valence-electron chi connectivity index (χ2n) is 7.46. The van der Waals surface area contributed by atoms with Crippen LogP contribution in [0.2, 0.25) is 0 Å². The van der Waals surface area contributed by atoms with E-state index in [4.69, 9.17) is 13.0 Å². The summed E-state index contributed by atoms with van der Waals surface area (Å²) in [6.45, 7) is 7.05. The summed E-state index contributed by atoms with van der Waals surface area (Å²) in [5.74, 6) is 0. The highest BCUT2D eigenvalue weighted by atomic mass is 127. The van der Waals surface area contributed by atoms with Crippen molar-refractivity contribution < 1.29 is 47.3 Å². The van der Waals surface area contributed by atoms with Crippen molar-refractivity contribution in [2.24, 2.45) is 0 Å². The van der Waals surface area contributed by atoms with E-state index in [2.05, 4.69) is 99.6 Å². The maximum atomic E-state index is 10.7. The Bertz CT molecular complexity index is 1090. The summed E-state index contributed by atoms with van der Waals surface area (Å²) < 4.78 is 60.8. The minimum atomic E-state index is -6.09. The summed E-state index contributed by atoms with van der Waals surface area (Å²) in [7, 11) is -6.09. The first-order valence-electron chi connectivity index (χ1n) is 9.21. The number of rotatable bonds is 3. The Morgan fingerprint density at radius 1 is 0.742 bits per heavy atom. The molecule has 0 unspecified atom stereocenters. The minimum Gasteiger partial charge on any atom is -0.741 e. The zero-order valence-corrected chi connectivity index (χ0v) is 20.1. The summed E-state index contributed by atoms with van der Waals surface area (Å²) in [4.78, 5) is 0. The van der Waals surface area contributed by atoms with Gasteiger partial charge in [0.25, 0.3) is 0 Å². The van der Waals surface area contributed by atoms with Gasteiger partial charge in [-0.1, -0.05) is 72.8 Å². The lowest BCUT2D eigenvalue weighted by molar-refractivity contribution is -0.691. The number of halogens is 4. The van der Waals surface area contributed by atoms with Crippen LogP contribution in [0.4, 0.5) is 13.2 Å². The third-order valence-electron chi connectivity index (χ3n) is 3.83. The predicted octanol–water partition coefficient (Wildman–Crippen LogP) is 3.13. The van der Waals surface area contributed by atoms with Crippen molar-refractivity contribution in [1.29, 1.82) is 0 Å². The van der Waals surface area contributed by atoms with Crippen molar-refractivity contribution >= 4 is 10.1 Å². The summed E-state index contributed by atoms with van der Waals surface area (Å²) in [5, 5.41) is 0. The normalized spacial score (nSPS) is 12.1. The molecule has 3 aromatic rings. The van der Waals surface area contributed by atoms with Gasteiger partial charge in [-0.3, -0.25) is 0 Å². The smallest absolute Gasteiger partial charge is 0.485 e. The number of benzene rings is 3. The van der Waals surface area contributed by atoms with Gasteiger partial charge in [-0.05, 0) is 43.5 Å². The molecule has 0 aromatic heterocycles. The molecule has 0 aliphatic carbocycles. The molecule has 8 heteroatoms. The summed E-state index contributed by atoms with van der Waals surface area (Å²) in [5.41, 5.74) is -0.259. The Kier molecular flexibility index (Phi) is 8.29. The van der Waals surface area contributed by atoms with Crippen molar-refractivity contribution in [1.82, 2.24) is 0 Å². The molecule has 0 amide bonds. The predicted molar refractivity (Wildman–Crippen MR) is 112 cm³/mol. The van der Waals surface area contributed by atoms with Crippen LogP contribution in [0.15, 0.2) is 78.9 Å². The summed E-state index contributed by atoms with van der Waals surface area (Å²) in [6.07, 6.45) is 0. The maximum absolute atomic E-state index is 10.7. The topological polar surface area (TPSA) is 57.2 Å². The van der Waals surface area contributed by atoms with E-state index in [0.29, 0.717) is 3.42 Å². The molecule has 0 radical (unpaired) electrons. The van der Waals surface area contributed by atoms with Crippen molar-refractivity contribution in [3.8, 4) is 22.3 Å². The largest absolute Gasteiger partial charge is 0.741 e. The van der Waals surface area contributed by atoms with Crippen LogP contribution in [0, 0.1) is 3.57 Å².